The number of rotatable bonds is 2. The maximum atomic E-state index is 12.3. The summed E-state index contributed by atoms with van der Waals surface area (Å²) in [5.74, 6) is -0.869. The predicted molar refractivity (Wildman–Crippen MR) is 83.7 cm³/mol. The van der Waals surface area contributed by atoms with Crippen molar-refractivity contribution in [1.29, 1.82) is 0 Å². The first-order chi connectivity index (χ1) is 9.78. The smallest absolute Gasteiger partial charge is 0.299 e. The molecule has 21 heavy (non-hydrogen) atoms. The van der Waals surface area contributed by atoms with Crippen molar-refractivity contribution in [3.8, 4) is 0 Å². The number of ketones is 1. The van der Waals surface area contributed by atoms with E-state index in [0.29, 0.717) is 12.1 Å². The number of nitrogens with zero attached hydrogens (tertiary/aromatic N) is 1. The number of fused-ring (bicyclic) bond motifs is 1. The van der Waals surface area contributed by atoms with Gasteiger partial charge in [-0.15, -0.1) is 0 Å². The Kier molecular flexibility index (Phi) is 3.45. The predicted octanol–water partition coefficient (Wildman–Crippen LogP) is 3.24. The monoisotopic (exact) mass is 351 g/mol. The molecular weight excluding hydrogens is 334 g/mol. The molecule has 1 fully saturated rings. The molecule has 0 spiro atoms. The largest absolute Gasteiger partial charge is 0.370 e. The fraction of sp³-hybridized carbons (Fsp3) is 0.500. The second-order valence-corrected chi connectivity index (χ2v) is 7.32. The van der Waals surface area contributed by atoms with Gasteiger partial charge in [0, 0.05) is 4.47 Å². The Morgan fingerprint density at radius 1 is 1.38 bits per heavy atom. The quantitative estimate of drug-likeness (QED) is 0.768. The van der Waals surface area contributed by atoms with E-state index in [2.05, 4.69) is 29.8 Å². The van der Waals surface area contributed by atoms with Crippen LogP contribution in [0.15, 0.2) is 16.6 Å². The lowest BCUT2D eigenvalue weighted by molar-refractivity contribution is -0.114. The zero-order valence-electron chi connectivity index (χ0n) is 12.4. The van der Waals surface area contributed by atoms with Crippen LogP contribution < -0.4 is 4.90 Å². The van der Waals surface area contributed by atoms with Gasteiger partial charge in [-0.2, -0.15) is 0 Å². The molecule has 1 aromatic rings. The topological polar surface area (TPSA) is 46.6 Å². The van der Waals surface area contributed by atoms with Crippen molar-refractivity contribution >= 4 is 33.3 Å². The van der Waals surface area contributed by atoms with E-state index in [0.717, 1.165) is 28.6 Å². The minimum atomic E-state index is -0.445. The lowest BCUT2D eigenvalue weighted by atomic mass is 10.1. The van der Waals surface area contributed by atoms with Crippen LogP contribution in [0.1, 0.15) is 42.6 Å². The van der Waals surface area contributed by atoms with E-state index in [4.69, 9.17) is 4.74 Å². The van der Waals surface area contributed by atoms with E-state index in [1.54, 1.807) is 11.0 Å². The van der Waals surface area contributed by atoms with Crippen LogP contribution in [0.25, 0.3) is 0 Å². The van der Waals surface area contributed by atoms with E-state index in [1.165, 1.54) is 0 Å². The van der Waals surface area contributed by atoms with E-state index < -0.39 is 11.7 Å². The Labute approximate surface area is 132 Å². The van der Waals surface area contributed by atoms with Crippen LogP contribution in [0.5, 0.6) is 0 Å². The van der Waals surface area contributed by atoms with Crippen molar-refractivity contribution in [3.05, 3.63) is 27.7 Å². The number of anilines is 1. The number of benzene rings is 1. The summed E-state index contributed by atoms with van der Waals surface area (Å²) in [6, 6.07) is 3.65. The first-order valence-corrected chi connectivity index (χ1v) is 7.92. The molecule has 0 radical (unpaired) electrons. The Hall–Kier alpha value is -1.20. The first-order valence-electron chi connectivity index (χ1n) is 7.13. The molecule has 0 aromatic heterocycles. The lowest BCUT2D eigenvalue weighted by Crippen LogP contribution is -2.37. The summed E-state index contributed by atoms with van der Waals surface area (Å²) in [4.78, 5) is 26.0. The van der Waals surface area contributed by atoms with Crippen molar-refractivity contribution in [3.63, 3.8) is 0 Å². The van der Waals surface area contributed by atoms with Gasteiger partial charge in [0.2, 0.25) is 0 Å². The molecule has 0 bridgehead atoms. The zero-order chi connectivity index (χ0) is 15.4. The van der Waals surface area contributed by atoms with Crippen molar-refractivity contribution in [1.82, 2.24) is 0 Å². The van der Waals surface area contributed by atoms with Crippen LogP contribution in [0, 0.1) is 6.92 Å². The Morgan fingerprint density at radius 3 is 2.71 bits per heavy atom. The summed E-state index contributed by atoms with van der Waals surface area (Å²) < 4.78 is 6.78. The molecule has 1 saturated heterocycles. The van der Waals surface area contributed by atoms with E-state index in [-0.39, 0.29) is 11.7 Å². The second kappa shape index (κ2) is 4.92. The van der Waals surface area contributed by atoms with Crippen LogP contribution in [-0.4, -0.2) is 29.9 Å². The Bertz CT molecular complexity index is 639. The number of aryl methyl sites for hydroxylation is 1. The zero-order valence-corrected chi connectivity index (χ0v) is 14.0. The van der Waals surface area contributed by atoms with Crippen molar-refractivity contribution < 1.29 is 14.3 Å². The number of halogens is 1. The number of hydrogen-bond acceptors (Lipinski definition) is 3. The maximum Gasteiger partial charge on any atom is 0.299 e. The Balaban J connectivity index is 1.91. The number of amides is 1. The molecule has 2 aliphatic heterocycles. The molecule has 112 valence electrons. The SMILES string of the molecule is Cc1cc(Br)cc2c1N(CC1CCC(C)(C)O1)C(=O)C2=O. The molecule has 1 unspecified atom stereocenters. The minimum absolute atomic E-state index is 0.00857. The fourth-order valence-electron chi connectivity index (χ4n) is 3.19. The summed E-state index contributed by atoms with van der Waals surface area (Å²) in [5, 5.41) is 0. The van der Waals surface area contributed by atoms with E-state index in [9.17, 15) is 9.59 Å². The second-order valence-electron chi connectivity index (χ2n) is 6.40. The molecule has 1 amide bonds. The number of ether oxygens (including phenoxy) is 1. The van der Waals surface area contributed by atoms with Crippen LogP contribution in [0.3, 0.4) is 0 Å². The Morgan fingerprint density at radius 2 is 2.10 bits per heavy atom. The molecule has 0 aliphatic carbocycles. The summed E-state index contributed by atoms with van der Waals surface area (Å²) in [6.07, 6.45) is 1.88. The third kappa shape index (κ3) is 2.53. The van der Waals surface area contributed by atoms with Gasteiger partial charge < -0.3 is 9.64 Å². The summed E-state index contributed by atoms with van der Waals surface area (Å²) in [5.41, 5.74) is 2.01. The van der Waals surface area contributed by atoms with Crippen LogP contribution in [-0.2, 0) is 9.53 Å². The number of carbonyl (C=O) groups is 2. The van der Waals surface area contributed by atoms with Crippen molar-refractivity contribution in [2.45, 2.75) is 45.3 Å². The van der Waals surface area contributed by atoms with Gasteiger partial charge in [0.25, 0.3) is 11.7 Å². The van der Waals surface area contributed by atoms with Crippen LogP contribution >= 0.6 is 15.9 Å². The van der Waals surface area contributed by atoms with E-state index >= 15 is 0 Å². The summed E-state index contributed by atoms with van der Waals surface area (Å²) in [7, 11) is 0. The van der Waals surface area contributed by atoms with Gasteiger partial charge in [0.15, 0.2) is 0 Å². The highest BCUT2D eigenvalue weighted by Gasteiger charge is 2.41. The average Bonchev–Trinajstić information content (AvgIpc) is 2.83. The molecule has 5 heteroatoms. The summed E-state index contributed by atoms with van der Waals surface area (Å²) in [6.45, 7) is 6.48. The van der Waals surface area contributed by atoms with Gasteiger partial charge in [-0.05, 0) is 51.3 Å². The standard InChI is InChI=1S/C16H18BrNO3/c1-9-6-10(17)7-12-13(9)18(15(20)14(12)19)8-11-4-5-16(2,3)21-11/h6-7,11H,4-5,8H2,1-3H3. The highest BCUT2D eigenvalue weighted by atomic mass is 79.9. The third-order valence-corrected chi connectivity index (χ3v) is 4.62. The minimum Gasteiger partial charge on any atom is -0.370 e. The molecule has 3 rings (SSSR count). The first kappa shape index (κ1) is 14.7. The van der Waals surface area contributed by atoms with Gasteiger partial charge in [-0.25, -0.2) is 0 Å². The summed E-state index contributed by atoms with van der Waals surface area (Å²) >= 11 is 3.38. The highest BCUT2D eigenvalue weighted by Crippen LogP contribution is 2.37. The van der Waals surface area contributed by atoms with E-state index in [1.807, 2.05) is 13.0 Å². The molecule has 4 nitrogen and oxygen atoms in total. The molecule has 2 aliphatic rings. The van der Waals surface area contributed by atoms with Crippen LogP contribution in [0.4, 0.5) is 5.69 Å². The fourth-order valence-corrected chi connectivity index (χ4v) is 3.76. The molecule has 1 aromatic carbocycles. The normalized spacial score (nSPS) is 23.8. The van der Waals surface area contributed by atoms with Gasteiger partial charge >= 0.3 is 0 Å². The molecule has 2 heterocycles. The third-order valence-electron chi connectivity index (χ3n) is 4.16. The van der Waals surface area contributed by atoms with Gasteiger partial charge in [0.1, 0.15) is 0 Å². The van der Waals surface area contributed by atoms with Gasteiger partial charge in [0.05, 0.1) is 29.5 Å². The number of Topliss-reactive ketones (excluding diaryl/α,β-unsaturated/α-hetero) is 1. The molecule has 0 saturated carbocycles. The molecule has 1 atom stereocenters. The molecule has 0 N–H and O–H groups in total. The lowest BCUT2D eigenvalue weighted by Gasteiger charge is -2.24. The number of carbonyl (C=O) groups excluding carboxylic acids is 2. The van der Waals surface area contributed by atoms with Crippen molar-refractivity contribution in [2.75, 3.05) is 11.4 Å². The average molecular weight is 352 g/mol. The number of hydrogen-bond donors (Lipinski definition) is 0. The maximum absolute atomic E-state index is 12.3. The van der Waals surface area contributed by atoms with Gasteiger partial charge in [-0.3, -0.25) is 9.59 Å². The van der Waals surface area contributed by atoms with Crippen molar-refractivity contribution in [2.24, 2.45) is 0 Å². The molecular formula is C16H18BrNO3. The highest BCUT2D eigenvalue weighted by molar-refractivity contribution is 9.10. The van der Waals surface area contributed by atoms with Crippen LogP contribution in [0.2, 0.25) is 0 Å². The van der Waals surface area contributed by atoms with Gasteiger partial charge in [-0.1, -0.05) is 15.9 Å².